The Morgan fingerprint density at radius 3 is 2.67 bits per heavy atom. The second-order valence-corrected chi connectivity index (χ2v) is 4.81. The van der Waals surface area contributed by atoms with Crippen molar-refractivity contribution in [2.75, 3.05) is 26.2 Å². The van der Waals surface area contributed by atoms with Gasteiger partial charge in [0.1, 0.15) is 0 Å². The number of ether oxygens (including phenoxy) is 1. The van der Waals surface area contributed by atoms with Crippen LogP contribution in [0.3, 0.4) is 0 Å². The zero-order valence-electron chi connectivity index (χ0n) is 11.5. The van der Waals surface area contributed by atoms with E-state index in [0.29, 0.717) is 19.2 Å². The van der Waals surface area contributed by atoms with Gasteiger partial charge in [-0.25, -0.2) is 4.79 Å². The third kappa shape index (κ3) is 5.23. The van der Waals surface area contributed by atoms with Gasteiger partial charge >= 0.3 is 6.09 Å². The van der Waals surface area contributed by atoms with Crippen molar-refractivity contribution in [1.82, 2.24) is 10.2 Å². The van der Waals surface area contributed by atoms with Crippen LogP contribution in [0.25, 0.3) is 0 Å². The molecular formula is C13H26N2O3. The van der Waals surface area contributed by atoms with Gasteiger partial charge in [-0.3, -0.25) is 0 Å². The van der Waals surface area contributed by atoms with Crippen LogP contribution in [-0.2, 0) is 4.74 Å². The third-order valence-electron chi connectivity index (χ3n) is 3.29. The van der Waals surface area contributed by atoms with Crippen LogP contribution in [0.1, 0.15) is 39.5 Å². The lowest BCUT2D eigenvalue weighted by Gasteiger charge is -2.32. The van der Waals surface area contributed by atoms with Crippen LogP contribution in [0, 0.1) is 0 Å². The second-order valence-electron chi connectivity index (χ2n) is 4.81. The zero-order chi connectivity index (χ0) is 13.4. The van der Waals surface area contributed by atoms with E-state index in [1.165, 1.54) is 0 Å². The Bertz CT molecular complexity index is 240. The fourth-order valence-corrected chi connectivity index (χ4v) is 2.22. The van der Waals surface area contributed by atoms with Crippen molar-refractivity contribution in [2.45, 2.75) is 51.7 Å². The molecular weight excluding hydrogens is 232 g/mol. The molecule has 1 atom stereocenters. The van der Waals surface area contributed by atoms with Gasteiger partial charge < -0.3 is 20.1 Å². The highest BCUT2D eigenvalue weighted by molar-refractivity contribution is 5.67. The number of carbonyl (C=O) groups is 1. The third-order valence-corrected chi connectivity index (χ3v) is 3.29. The number of rotatable bonds is 6. The van der Waals surface area contributed by atoms with E-state index in [4.69, 9.17) is 4.74 Å². The van der Waals surface area contributed by atoms with Gasteiger partial charge in [0.05, 0.1) is 12.7 Å². The quantitative estimate of drug-likeness (QED) is 0.755. The second kappa shape index (κ2) is 8.32. The summed E-state index contributed by atoms with van der Waals surface area (Å²) in [5.74, 6) is 0. The minimum absolute atomic E-state index is 0.207. The molecule has 1 aliphatic heterocycles. The number of nitrogens with zero attached hydrogens (tertiary/aromatic N) is 1. The van der Waals surface area contributed by atoms with Crippen molar-refractivity contribution in [2.24, 2.45) is 0 Å². The average molecular weight is 258 g/mol. The van der Waals surface area contributed by atoms with Crippen molar-refractivity contribution < 1.29 is 14.6 Å². The van der Waals surface area contributed by atoms with Crippen molar-refractivity contribution in [3.05, 3.63) is 0 Å². The molecule has 1 saturated heterocycles. The molecule has 0 aliphatic carbocycles. The van der Waals surface area contributed by atoms with E-state index in [1.807, 2.05) is 6.92 Å². The molecule has 106 valence electrons. The smallest absolute Gasteiger partial charge is 0.409 e. The summed E-state index contributed by atoms with van der Waals surface area (Å²) in [5.41, 5.74) is 0. The number of carbonyl (C=O) groups excluding carboxylic acids is 1. The summed E-state index contributed by atoms with van der Waals surface area (Å²) in [6, 6.07) is 0.405. The number of aliphatic hydroxyl groups excluding tert-OH is 1. The highest BCUT2D eigenvalue weighted by Gasteiger charge is 2.23. The van der Waals surface area contributed by atoms with Crippen LogP contribution < -0.4 is 5.32 Å². The van der Waals surface area contributed by atoms with Gasteiger partial charge in [0.25, 0.3) is 0 Å². The summed E-state index contributed by atoms with van der Waals surface area (Å²) in [4.78, 5) is 13.3. The maximum Gasteiger partial charge on any atom is 0.409 e. The van der Waals surface area contributed by atoms with Crippen LogP contribution in [0.4, 0.5) is 4.79 Å². The summed E-state index contributed by atoms with van der Waals surface area (Å²) in [5, 5.41) is 13.0. The first-order valence-electron chi connectivity index (χ1n) is 7.00. The van der Waals surface area contributed by atoms with E-state index in [-0.39, 0.29) is 12.2 Å². The lowest BCUT2D eigenvalue weighted by atomic mass is 10.0. The minimum atomic E-state index is -0.252. The molecule has 0 aromatic carbocycles. The van der Waals surface area contributed by atoms with Crippen LogP contribution >= 0.6 is 0 Å². The minimum Gasteiger partial charge on any atom is -0.450 e. The van der Waals surface area contributed by atoms with E-state index < -0.39 is 0 Å². The first-order chi connectivity index (χ1) is 8.67. The SMILES string of the molecule is CCCC(O)CNC1CCN(C(=O)OCC)CC1. The Hall–Kier alpha value is -0.810. The van der Waals surface area contributed by atoms with Gasteiger partial charge in [0.2, 0.25) is 0 Å². The standard InChI is InChI=1S/C13H26N2O3/c1-3-5-12(16)10-14-11-6-8-15(9-7-11)13(17)18-4-2/h11-12,14,16H,3-10H2,1-2H3. The molecule has 1 unspecified atom stereocenters. The van der Waals surface area contributed by atoms with E-state index >= 15 is 0 Å². The summed E-state index contributed by atoms with van der Waals surface area (Å²) in [7, 11) is 0. The van der Waals surface area contributed by atoms with E-state index in [1.54, 1.807) is 4.90 Å². The number of aliphatic hydroxyl groups is 1. The Balaban J connectivity index is 2.17. The van der Waals surface area contributed by atoms with Gasteiger partial charge in [-0.15, -0.1) is 0 Å². The molecule has 1 rings (SSSR count). The normalized spacial score (nSPS) is 18.7. The molecule has 0 saturated carbocycles. The lowest BCUT2D eigenvalue weighted by Crippen LogP contribution is -2.46. The van der Waals surface area contributed by atoms with Gasteiger partial charge in [-0.1, -0.05) is 13.3 Å². The number of nitrogens with one attached hydrogen (secondary N) is 1. The van der Waals surface area contributed by atoms with Crippen LogP contribution in [-0.4, -0.2) is 54.5 Å². The van der Waals surface area contributed by atoms with Gasteiger partial charge in [0, 0.05) is 25.7 Å². The largest absolute Gasteiger partial charge is 0.450 e. The van der Waals surface area contributed by atoms with Gasteiger partial charge in [0.15, 0.2) is 0 Å². The molecule has 0 bridgehead atoms. The fourth-order valence-electron chi connectivity index (χ4n) is 2.22. The van der Waals surface area contributed by atoms with Crippen LogP contribution in [0.2, 0.25) is 0 Å². The van der Waals surface area contributed by atoms with E-state index in [2.05, 4.69) is 12.2 Å². The first-order valence-corrected chi connectivity index (χ1v) is 7.00. The van der Waals surface area contributed by atoms with Crippen LogP contribution in [0.5, 0.6) is 0 Å². The Labute approximate surface area is 109 Å². The molecule has 1 amide bonds. The maximum atomic E-state index is 11.5. The number of hydrogen-bond acceptors (Lipinski definition) is 4. The molecule has 0 spiro atoms. The Morgan fingerprint density at radius 2 is 2.11 bits per heavy atom. The Kier molecular flexibility index (Phi) is 7.05. The zero-order valence-corrected chi connectivity index (χ0v) is 11.5. The molecule has 0 radical (unpaired) electrons. The number of hydrogen-bond donors (Lipinski definition) is 2. The molecule has 0 aromatic heterocycles. The van der Waals surface area contributed by atoms with E-state index in [0.717, 1.165) is 38.8 Å². The van der Waals surface area contributed by atoms with Crippen molar-refractivity contribution in [3.8, 4) is 0 Å². The summed E-state index contributed by atoms with van der Waals surface area (Å²) in [6.45, 7) is 6.45. The lowest BCUT2D eigenvalue weighted by molar-refractivity contribution is 0.0923. The molecule has 5 heteroatoms. The number of amides is 1. The molecule has 1 aliphatic rings. The molecule has 2 N–H and O–H groups in total. The molecule has 18 heavy (non-hydrogen) atoms. The monoisotopic (exact) mass is 258 g/mol. The van der Waals surface area contributed by atoms with Crippen molar-refractivity contribution in [3.63, 3.8) is 0 Å². The van der Waals surface area contributed by atoms with Crippen molar-refractivity contribution >= 4 is 6.09 Å². The van der Waals surface area contributed by atoms with E-state index in [9.17, 15) is 9.90 Å². The first kappa shape index (κ1) is 15.2. The summed E-state index contributed by atoms with van der Waals surface area (Å²) < 4.78 is 4.97. The van der Waals surface area contributed by atoms with Crippen LogP contribution in [0.15, 0.2) is 0 Å². The maximum absolute atomic E-state index is 11.5. The fraction of sp³-hybridized carbons (Fsp3) is 0.923. The predicted octanol–water partition coefficient (Wildman–Crippen LogP) is 1.36. The summed E-state index contributed by atoms with van der Waals surface area (Å²) in [6.07, 6.45) is 3.24. The molecule has 5 nitrogen and oxygen atoms in total. The molecule has 1 fully saturated rings. The predicted molar refractivity (Wildman–Crippen MR) is 70.5 cm³/mol. The van der Waals surface area contributed by atoms with Gasteiger partial charge in [-0.2, -0.15) is 0 Å². The highest BCUT2D eigenvalue weighted by atomic mass is 16.6. The average Bonchev–Trinajstić information content (AvgIpc) is 2.37. The molecule has 0 aromatic rings. The van der Waals surface area contributed by atoms with Crippen molar-refractivity contribution in [1.29, 1.82) is 0 Å². The number of piperidine rings is 1. The molecule has 1 heterocycles. The number of likely N-dealkylation sites (tertiary alicyclic amines) is 1. The Morgan fingerprint density at radius 1 is 1.44 bits per heavy atom. The van der Waals surface area contributed by atoms with Gasteiger partial charge in [-0.05, 0) is 26.2 Å². The topological polar surface area (TPSA) is 61.8 Å². The summed E-state index contributed by atoms with van der Waals surface area (Å²) >= 11 is 0. The highest BCUT2D eigenvalue weighted by Crippen LogP contribution is 2.11.